The molecular weight excluding hydrogens is 264 g/mol. The smallest absolute Gasteiger partial charge is 0.267 e. The van der Waals surface area contributed by atoms with Gasteiger partial charge in [0.25, 0.3) is 11.8 Å². The molecule has 2 heterocycles. The van der Waals surface area contributed by atoms with Crippen molar-refractivity contribution in [1.82, 2.24) is 4.98 Å². The monoisotopic (exact) mass is 272 g/mol. The number of carbonyl (C=O) groups excluding carboxylic acids is 2. The SMILES string of the molecule is Cc1cc(N2C(=O)c3ccccc3C2=O)ncc1Cl. The minimum atomic E-state index is -0.352. The van der Waals surface area contributed by atoms with Gasteiger partial charge in [0.15, 0.2) is 0 Å². The van der Waals surface area contributed by atoms with Crippen LogP contribution < -0.4 is 4.90 Å². The van der Waals surface area contributed by atoms with Crippen LogP contribution in [0.2, 0.25) is 5.02 Å². The quantitative estimate of drug-likeness (QED) is 0.750. The largest absolute Gasteiger partial charge is 0.268 e. The van der Waals surface area contributed by atoms with Crippen molar-refractivity contribution in [1.29, 1.82) is 0 Å². The Bertz CT molecular complexity index is 677. The third-order valence-electron chi connectivity index (χ3n) is 3.06. The highest BCUT2D eigenvalue weighted by molar-refractivity contribution is 6.34. The maximum atomic E-state index is 12.2. The molecule has 1 aromatic heterocycles. The van der Waals surface area contributed by atoms with E-state index < -0.39 is 0 Å². The van der Waals surface area contributed by atoms with Crippen LogP contribution >= 0.6 is 11.6 Å². The lowest BCUT2D eigenvalue weighted by atomic mass is 10.1. The van der Waals surface area contributed by atoms with Crippen LogP contribution in [0.25, 0.3) is 0 Å². The van der Waals surface area contributed by atoms with E-state index in [0.717, 1.165) is 10.5 Å². The number of amides is 2. The van der Waals surface area contributed by atoms with E-state index >= 15 is 0 Å². The fourth-order valence-electron chi connectivity index (χ4n) is 2.04. The second-order valence-corrected chi connectivity index (χ2v) is 4.69. The summed E-state index contributed by atoms with van der Waals surface area (Å²) in [4.78, 5) is 29.6. The molecule has 4 nitrogen and oxygen atoms in total. The van der Waals surface area contributed by atoms with Gasteiger partial charge in [0.1, 0.15) is 5.82 Å². The number of halogens is 1. The highest BCUT2D eigenvalue weighted by atomic mass is 35.5. The number of pyridine rings is 1. The molecule has 1 aromatic carbocycles. The number of aromatic nitrogens is 1. The molecule has 0 N–H and O–H groups in total. The average molecular weight is 273 g/mol. The van der Waals surface area contributed by atoms with E-state index in [0.29, 0.717) is 22.0 Å². The fourth-order valence-corrected chi connectivity index (χ4v) is 2.15. The summed E-state index contributed by atoms with van der Waals surface area (Å²) in [5, 5.41) is 0.500. The molecule has 0 saturated heterocycles. The molecule has 0 atom stereocenters. The van der Waals surface area contributed by atoms with E-state index in [-0.39, 0.29) is 11.8 Å². The molecule has 5 heteroatoms. The van der Waals surface area contributed by atoms with Gasteiger partial charge in [-0.25, -0.2) is 9.88 Å². The number of benzene rings is 1. The lowest BCUT2D eigenvalue weighted by molar-refractivity contribution is 0.0925. The molecule has 0 saturated carbocycles. The Labute approximate surface area is 114 Å². The van der Waals surface area contributed by atoms with Crippen molar-refractivity contribution in [3.05, 3.63) is 58.2 Å². The Balaban J connectivity index is 2.11. The summed E-state index contributed by atoms with van der Waals surface area (Å²) in [7, 11) is 0. The molecule has 0 aliphatic carbocycles. The Hall–Kier alpha value is -2.20. The van der Waals surface area contributed by atoms with Crippen LogP contribution in [0.5, 0.6) is 0 Å². The summed E-state index contributed by atoms with van der Waals surface area (Å²) in [6.07, 6.45) is 1.44. The zero-order valence-electron chi connectivity index (χ0n) is 10.1. The summed E-state index contributed by atoms with van der Waals surface area (Å²) in [6, 6.07) is 8.36. The number of fused-ring (bicyclic) bond motifs is 1. The van der Waals surface area contributed by atoms with Crippen molar-refractivity contribution in [2.24, 2.45) is 0 Å². The molecule has 0 fully saturated rings. The number of aryl methyl sites for hydroxylation is 1. The van der Waals surface area contributed by atoms with E-state index in [1.54, 1.807) is 37.3 Å². The zero-order chi connectivity index (χ0) is 13.6. The predicted octanol–water partition coefficient (Wildman–Crippen LogP) is 2.84. The molecule has 94 valence electrons. The third kappa shape index (κ3) is 1.72. The molecule has 1 aliphatic heterocycles. The first kappa shape index (κ1) is 11.9. The maximum Gasteiger partial charge on any atom is 0.267 e. The Morgan fingerprint density at radius 1 is 1.11 bits per heavy atom. The van der Waals surface area contributed by atoms with E-state index in [1.165, 1.54) is 6.20 Å². The molecule has 2 amide bonds. The zero-order valence-corrected chi connectivity index (χ0v) is 10.8. The van der Waals surface area contributed by atoms with Crippen LogP contribution in [0.1, 0.15) is 26.3 Å². The van der Waals surface area contributed by atoms with Gasteiger partial charge in [0.2, 0.25) is 0 Å². The second kappa shape index (κ2) is 4.17. The van der Waals surface area contributed by atoms with Crippen molar-refractivity contribution in [2.75, 3.05) is 4.90 Å². The number of imide groups is 1. The van der Waals surface area contributed by atoms with Crippen molar-refractivity contribution >= 4 is 29.2 Å². The van der Waals surface area contributed by atoms with Gasteiger partial charge in [0.05, 0.1) is 16.1 Å². The van der Waals surface area contributed by atoms with Crippen molar-refractivity contribution in [2.45, 2.75) is 6.92 Å². The second-order valence-electron chi connectivity index (χ2n) is 4.28. The molecule has 19 heavy (non-hydrogen) atoms. The van der Waals surface area contributed by atoms with Crippen molar-refractivity contribution in [3.8, 4) is 0 Å². The van der Waals surface area contributed by atoms with Gasteiger partial charge in [-0.2, -0.15) is 0 Å². The molecule has 2 aromatic rings. The van der Waals surface area contributed by atoms with Crippen LogP contribution in [0, 0.1) is 6.92 Å². The molecule has 0 unspecified atom stereocenters. The van der Waals surface area contributed by atoms with E-state index in [1.807, 2.05) is 0 Å². The van der Waals surface area contributed by atoms with Gasteiger partial charge in [-0.15, -0.1) is 0 Å². The van der Waals surface area contributed by atoms with Crippen molar-refractivity contribution in [3.63, 3.8) is 0 Å². The minimum absolute atomic E-state index is 0.299. The molecule has 1 aliphatic rings. The van der Waals surface area contributed by atoms with Crippen LogP contribution in [-0.4, -0.2) is 16.8 Å². The molecule has 3 rings (SSSR count). The lowest BCUT2D eigenvalue weighted by Crippen LogP contribution is -2.30. The highest BCUT2D eigenvalue weighted by Gasteiger charge is 2.37. The van der Waals surface area contributed by atoms with Gasteiger partial charge < -0.3 is 0 Å². The first-order chi connectivity index (χ1) is 9.09. The number of anilines is 1. The Morgan fingerprint density at radius 3 is 2.21 bits per heavy atom. The van der Waals surface area contributed by atoms with Gasteiger partial charge in [-0.05, 0) is 30.7 Å². The molecule has 0 radical (unpaired) electrons. The van der Waals surface area contributed by atoms with Crippen LogP contribution in [-0.2, 0) is 0 Å². The summed E-state index contributed by atoms with van der Waals surface area (Å²) in [6.45, 7) is 1.80. The summed E-state index contributed by atoms with van der Waals surface area (Å²) in [5.74, 6) is -0.405. The Morgan fingerprint density at radius 2 is 1.68 bits per heavy atom. The van der Waals surface area contributed by atoms with Crippen LogP contribution in [0.3, 0.4) is 0 Å². The third-order valence-corrected chi connectivity index (χ3v) is 3.45. The van der Waals surface area contributed by atoms with E-state index in [4.69, 9.17) is 11.6 Å². The predicted molar refractivity (Wildman–Crippen MR) is 71.6 cm³/mol. The minimum Gasteiger partial charge on any atom is -0.268 e. The van der Waals surface area contributed by atoms with Crippen LogP contribution in [0.4, 0.5) is 5.82 Å². The number of hydrogen-bond donors (Lipinski definition) is 0. The maximum absolute atomic E-state index is 12.2. The normalized spacial score (nSPS) is 13.9. The molecular formula is C14H9ClN2O2. The number of rotatable bonds is 1. The molecule has 0 spiro atoms. The Kier molecular flexibility index (Phi) is 2.61. The highest BCUT2D eigenvalue weighted by Crippen LogP contribution is 2.28. The summed E-state index contributed by atoms with van der Waals surface area (Å²) < 4.78 is 0. The van der Waals surface area contributed by atoms with Gasteiger partial charge in [0, 0.05) is 6.20 Å². The first-order valence-electron chi connectivity index (χ1n) is 5.69. The van der Waals surface area contributed by atoms with Gasteiger partial charge in [-0.1, -0.05) is 23.7 Å². The van der Waals surface area contributed by atoms with E-state index in [2.05, 4.69) is 4.98 Å². The molecule has 0 bridgehead atoms. The van der Waals surface area contributed by atoms with E-state index in [9.17, 15) is 9.59 Å². The fraction of sp³-hybridized carbons (Fsp3) is 0.0714. The van der Waals surface area contributed by atoms with Gasteiger partial charge >= 0.3 is 0 Å². The number of hydrogen-bond acceptors (Lipinski definition) is 3. The summed E-state index contributed by atoms with van der Waals surface area (Å²) >= 11 is 5.90. The standard InChI is InChI=1S/C14H9ClN2O2/c1-8-6-12(16-7-11(8)15)17-13(18)9-4-2-3-5-10(9)14(17)19/h2-7H,1H3. The van der Waals surface area contributed by atoms with Gasteiger partial charge in [-0.3, -0.25) is 9.59 Å². The topological polar surface area (TPSA) is 50.3 Å². The lowest BCUT2D eigenvalue weighted by Gasteiger charge is -2.13. The first-order valence-corrected chi connectivity index (χ1v) is 6.07. The number of nitrogens with zero attached hydrogens (tertiary/aromatic N) is 2. The number of carbonyl (C=O) groups is 2. The van der Waals surface area contributed by atoms with Crippen molar-refractivity contribution < 1.29 is 9.59 Å². The van der Waals surface area contributed by atoms with Crippen LogP contribution in [0.15, 0.2) is 36.5 Å². The summed E-state index contributed by atoms with van der Waals surface area (Å²) in [5.41, 5.74) is 1.58. The average Bonchev–Trinajstić information content (AvgIpc) is 2.66.